The average Bonchev–Trinajstić information content (AvgIpc) is 1.80. The molecule has 1 rings (SSSR count). The van der Waals surface area contributed by atoms with Crippen molar-refractivity contribution in [3.63, 3.8) is 0 Å². The molecule has 0 aromatic carbocycles. The van der Waals surface area contributed by atoms with Gasteiger partial charge in [-0.3, -0.25) is 5.43 Å². The Bertz CT molecular complexity index is 125. The van der Waals surface area contributed by atoms with Crippen molar-refractivity contribution in [3.8, 4) is 0 Å². The highest BCUT2D eigenvalue weighted by atomic mass is 16.2. The number of carbonyl (C=O) groups excluding carboxylic acids is 1. The van der Waals surface area contributed by atoms with Crippen LogP contribution in [0.4, 0.5) is 4.79 Å². The highest BCUT2D eigenvalue weighted by Crippen LogP contribution is 1.91. The van der Waals surface area contributed by atoms with Gasteiger partial charge in [0.25, 0.3) is 0 Å². The zero-order chi connectivity index (χ0) is 6.85. The predicted molar refractivity (Wildman–Crippen MR) is 33.8 cm³/mol. The van der Waals surface area contributed by atoms with Crippen LogP contribution in [0.1, 0.15) is 0 Å². The smallest absolute Gasteiger partial charge is 0.325 e. The molecule has 1 heterocycles. The molecule has 4 heteroatoms. The van der Waals surface area contributed by atoms with Crippen LogP contribution in [-0.2, 0) is 0 Å². The summed E-state index contributed by atoms with van der Waals surface area (Å²) in [4.78, 5) is 12.4. The second-order valence-electron chi connectivity index (χ2n) is 2.26. The minimum atomic E-state index is -0.0243. The van der Waals surface area contributed by atoms with Crippen molar-refractivity contribution in [1.29, 1.82) is 0 Å². The number of likely N-dealkylation sites (N-methyl/N-ethyl adjacent to an activating group) is 2. The summed E-state index contributed by atoms with van der Waals surface area (Å²) in [5.74, 6) is 0. The highest BCUT2D eigenvalue weighted by Gasteiger charge is 2.15. The van der Waals surface area contributed by atoms with Crippen molar-refractivity contribution >= 4 is 6.03 Å². The van der Waals surface area contributed by atoms with Crippen LogP contribution in [0.2, 0.25) is 0 Å². The third-order valence-corrected chi connectivity index (χ3v) is 1.40. The van der Waals surface area contributed by atoms with Gasteiger partial charge >= 0.3 is 6.03 Å². The number of amides is 2. The molecule has 0 unspecified atom stereocenters. The van der Waals surface area contributed by atoms with Crippen LogP contribution < -0.4 is 5.43 Å². The van der Waals surface area contributed by atoms with Gasteiger partial charge in [-0.2, -0.15) is 0 Å². The van der Waals surface area contributed by atoms with Crippen molar-refractivity contribution in [3.05, 3.63) is 0 Å². The first-order chi connectivity index (χ1) is 4.20. The Balaban J connectivity index is 2.44. The molecule has 0 aromatic rings. The number of rotatable bonds is 0. The Labute approximate surface area is 54.4 Å². The lowest BCUT2D eigenvalue weighted by molar-refractivity contribution is 0.132. The quantitative estimate of drug-likeness (QED) is 0.478. The van der Waals surface area contributed by atoms with E-state index in [1.807, 2.05) is 7.05 Å². The van der Waals surface area contributed by atoms with Gasteiger partial charge in [-0.1, -0.05) is 0 Å². The fourth-order valence-corrected chi connectivity index (χ4v) is 0.706. The minimum Gasteiger partial charge on any atom is -0.325 e. The summed E-state index contributed by atoms with van der Waals surface area (Å²) in [6, 6.07) is -0.0243. The molecule has 1 saturated heterocycles. The molecule has 1 aliphatic rings. The Morgan fingerprint density at radius 1 is 1.44 bits per heavy atom. The zero-order valence-electron chi connectivity index (χ0n) is 5.72. The third kappa shape index (κ3) is 1.32. The lowest BCUT2D eigenvalue weighted by Crippen LogP contribution is -2.54. The van der Waals surface area contributed by atoms with Crippen molar-refractivity contribution in [2.45, 2.75) is 0 Å². The number of nitrogens with zero attached hydrogens (tertiary/aromatic N) is 2. The van der Waals surface area contributed by atoms with Crippen LogP contribution in [0, 0.1) is 0 Å². The van der Waals surface area contributed by atoms with E-state index in [1.165, 1.54) is 0 Å². The van der Waals surface area contributed by atoms with Gasteiger partial charge in [0.1, 0.15) is 0 Å². The van der Waals surface area contributed by atoms with Crippen LogP contribution in [0.3, 0.4) is 0 Å². The van der Waals surface area contributed by atoms with E-state index in [0.29, 0.717) is 0 Å². The van der Waals surface area contributed by atoms with E-state index in [-0.39, 0.29) is 6.03 Å². The van der Waals surface area contributed by atoms with Gasteiger partial charge in [-0.25, -0.2) is 9.80 Å². The summed E-state index contributed by atoms with van der Waals surface area (Å²) < 4.78 is 0. The summed E-state index contributed by atoms with van der Waals surface area (Å²) in [5, 5.41) is 1.78. The first-order valence-electron chi connectivity index (χ1n) is 2.93. The molecule has 4 nitrogen and oxygen atoms in total. The monoisotopic (exact) mass is 129 g/mol. The van der Waals surface area contributed by atoms with E-state index in [9.17, 15) is 4.79 Å². The second kappa shape index (κ2) is 2.23. The van der Waals surface area contributed by atoms with E-state index in [0.717, 1.165) is 13.1 Å². The molecular formula is C5H11N3O. The molecule has 1 aliphatic heterocycles. The molecule has 9 heavy (non-hydrogen) atoms. The van der Waals surface area contributed by atoms with Crippen LogP contribution in [0.15, 0.2) is 0 Å². The Morgan fingerprint density at radius 3 is 2.56 bits per heavy atom. The maximum Gasteiger partial charge on any atom is 0.331 e. The summed E-state index contributed by atoms with van der Waals surface area (Å²) >= 11 is 0. The van der Waals surface area contributed by atoms with E-state index in [4.69, 9.17) is 0 Å². The van der Waals surface area contributed by atoms with Gasteiger partial charge in [0.2, 0.25) is 0 Å². The van der Waals surface area contributed by atoms with Crippen molar-refractivity contribution in [1.82, 2.24) is 15.3 Å². The fraction of sp³-hybridized carbons (Fsp3) is 0.800. The molecule has 0 spiro atoms. The first-order valence-corrected chi connectivity index (χ1v) is 2.93. The Kier molecular flexibility index (Phi) is 1.57. The lowest BCUT2D eigenvalue weighted by Gasteiger charge is -2.29. The van der Waals surface area contributed by atoms with Crippen molar-refractivity contribution < 1.29 is 4.79 Å². The van der Waals surface area contributed by atoms with Gasteiger partial charge in [-0.15, -0.1) is 0 Å². The molecule has 0 atom stereocenters. The normalized spacial score (nSPS) is 22.0. The zero-order valence-corrected chi connectivity index (χ0v) is 5.72. The van der Waals surface area contributed by atoms with Crippen molar-refractivity contribution in [2.24, 2.45) is 0 Å². The van der Waals surface area contributed by atoms with E-state index in [1.54, 1.807) is 17.0 Å². The third-order valence-electron chi connectivity index (χ3n) is 1.40. The SMILES string of the molecule is CN1CCN(C)C(=O)N1. The summed E-state index contributed by atoms with van der Waals surface area (Å²) in [6.07, 6.45) is 0. The molecular weight excluding hydrogens is 118 g/mol. The largest absolute Gasteiger partial charge is 0.331 e. The van der Waals surface area contributed by atoms with Gasteiger partial charge in [-0.05, 0) is 0 Å². The predicted octanol–water partition coefficient (Wildman–Crippen LogP) is -0.512. The van der Waals surface area contributed by atoms with Crippen molar-refractivity contribution in [2.75, 3.05) is 27.2 Å². The standard InChI is InChI=1S/C5H11N3O/c1-7-3-4-8(2)6-5(7)9/h3-4H2,1-2H3,(H,6,9). The Hall–Kier alpha value is -0.770. The topological polar surface area (TPSA) is 35.6 Å². The van der Waals surface area contributed by atoms with Gasteiger partial charge in [0.05, 0.1) is 0 Å². The number of nitrogens with one attached hydrogen (secondary N) is 1. The molecule has 0 aliphatic carbocycles. The molecule has 0 bridgehead atoms. The van der Waals surface area contributed by atoms with Crippen LogP contribution in [-0.4, -0.2) is 43.1 Å². The van der Waals surface area contributed by atoms with Gasteiger partial charge < -0.3 is 4.90 Å². The maximum absolute atomic E-state index is 10.8. The number of urea groups is 1. The number of hydrogen-bond acceptors (Lipinski definition) is 2. The van der Waals surface area contributed by atoms with Crippen LogP contribution in [0.5, 0.6) is 0 Å². The fourth-order valence-electron chi connectivity index (χ4n) is 0.706. The molecule has 1 fully saturated rings. The molecule has 2 amide bonds. The molecule has 0 aromatic heterocycles. The number of hydrazine groups is 1. The molecule has 1 N–H and O–H groups in total. The average molecular weight is 129 g/mol. The summed E-state index contributed by atoms with van der Waals surface area (Å²) in [7, 11) is 3.63. The summed E-state index contributed by atoms with van der Waals surface area (Å²) in [5.41, 5.74) is 2.65. The highest BCUT2D eigenvalue weighted by molar-refractivity contribution is 5.73. The van der Waals surface area contributed by atoms with Gasteiger partial charge in [0.15, 0.2) is 0 Å². The lowest BCUT2D eigenvalue weighted by atomic mass is 10.5. The molecule has 0 radical (unpaired) electrons. The van der Waals surface area contributed by atoms with E-state index >= 15 is 0 Å². The molecule has 0 saturated carbocycles. The van der Waals surface area contributed by atoms with Crippen LogP contribution in [0.25, 0.3) is 0 Å². The molecule has 52 valence electrons. The Morgan fingerprint density at radius 2 is 2.11 bits per heavy atom. The number of carbonyl (C=O) groups is 1. The van der Waals surface area contributed by atoms with E-state index in [2.05, 4.69) is 5.43 Å². The van der Waals surface area contributed by atoms with Crippen LogP contribution >= 0.6 is 0 Å². The number of hydrogen-bond donors (Lipinski definition) is 1. The van der Waals surface area contributed by atoms with Gasteiger partial charge in [0, 0.05) is 27.2 Å². The van der Waals surface area contributed by atoms with E-state index < -0.39 is 0 Å². The second-order valence-corrected chi connectivity index (χ2v) is 2.26. The minimum absolute atomic E-state index is 0.0243. The summed E-state index contributed by atoms with van der Waals surface area (Å²) in [6.45, 7) is 1.70. The maximum atomic E-state index is 10.8. The first kappa shape index (κ1) is 6.35.